The average molecular weight is 416 g/mol. The Labute approximate surface area is 162 Å². The molecule has 0 spiro atoms. The number of nitrogens with one attached hydrogen (secondary N) is 1. The summed E-state index contributed by atoms with van der Waals surface area (Å²) in [6.07, 6.45) is -1.68. The lowest BCUT2D eigenvalue weighted by atomic mass is 9.95. The van der Waals surface area contributed by atoms with Crippen LogP contribution in [-0.4, -0.2) is 28.3 Å². The number of fused-ring (bicyclic) bond motifs is 4. The molecule has 1 aromatic heterocycles. The second-order valence-corrected chi connectivity index (χ2v) is 7.06. The lowest BCUT2D eigenvalue weighted by Gasteiger charge is -2.36. The zero-order valence-corrected chi connectivity index (χ0v) is 15.0. The summed E-state index contributed by atoms with van der Waals surface area (Å²) in [6, 6.07) is 4.35. The number of hydrogen-bond acceptors (Lipinski definition) is 3. The fourth-order valence-electron chi connectivity index (χ4n) is 3.90. The summed E-state index contributed by atoms with van der Waals surface area (Å²) in [4.78, 5) is 18.1. The lowest BCUT2D eigenvalue weighted by Crippen LogP contribution is -2.44. The summed E-state index contributed by atoms with van der Waals surface area (Å²) >= 11 is 5.82. The number of amides is 2. The fraction of sp³-hybridized carbons (Fsp3) is 0.333. The number of alkyl halides is 3. The maximum Gasteiger partial charge on any atom is 0.573 e. The normalized spacial score (nSPS) is 20.7. The van der Waals surface area contributed by atoms with E-state index in [0.717, 1.165) is 18.1 Å². The number of aromatic nitrogens is 1. The largest absolute Gasteiger partial charge is 0.573 e. The van der Waals surface area contributed by atoms with Gasteiger partial charge in [0, 0.05) is 23.5 Å². The molecular weight excluding hydrogens is 402 g/mol. The predicted octanol–water partition coefficient (Wildman–Crippen LogP) is 5.07. The van der Waals surface area contributed by atoms with Crippen molar-refractivity contribution in [2.45, 2.75) is 37.7 Å². The monoisotopic (exact) mass is 415 g/mol. The van der Waals surface area contributed by atoms with E-state index in [4.69, 9.17) is 11.6 Å². The highest BCUT2D eigenvalue weighted by molar-refractivity contribution is 6.32. The summed E-state index contributed by atoms with van der Waals surface area (Å²) in [5.74, 6) is -1.07. The Morgan fingerprint density at radius 1 is 1.29 bits per heavy atom. The van der Waals surface area contributed by atoms with Crippen LogP contribution in [-0.2, 0) is 6.42 Å². The summed E-state index contributed by atoms with van der Waals surface area (Å²) in [7, 11) is 0. The standard InChI is InChI=1S/C18H14ClF4N3O2/c19-13-7-9(1-4-15(13)28-18(21,22)23)25-17(27)26-10-2-3-14(26)11-5-6-24-16(20)12(11)8-10/h1,4-7,10,14H,2-3,8H2,(H,25,27). The van der Waals surface area contributed by atoms with Gasteiger partial charge in [0.2, 0.25) is 5.95 Å². The first kappa shape index (κ1) is 18.8. The van der Waals surface area contributed by atoms with Gasteiger partial charge in [-0.25, -0.2) is 9.78 Å². The number of pyridine rings is 1. The van der Waals surface area contributed by atoms with Crippen LogP contribution in [0.2, 0.25) is 5.02 Å². The maximum absolute atomic E-state index is 14.0. The van der Waals surface area contributed by atoms with E-state index in [-0.39, 0.29) is 22.8 Å². The van der Waals surface area contributed by atoms with E-state index >= 15 is 0 Å². The molecule has 2 amide bonds. The van der Waals surface area contributed by atoms with Crippen molar-refractivity contribution >= 4 is 23.3 Å². The molecule has 28 heavy (non-hydrogen) atoms. The smallest absolute Gasteiger partial charge is 0.404 e. The molecule has 2 aromatic rings. The Kier molecular flexibility index (Phi) is 4.57. The first-order valence-electron chi connectivity index (χ1n) is 8.51. The van der Waals surface area contributed by atoms with Gasteiger partial charge < -0.3 is 15.0 Å². The third-order valence-corrected chi connectivity index (χ3v) is 5.28. The van der Waals surface area contributed by atoms with Gasteiger partial charge in [0.25, 0.3) is 0 Å². The third kappa shape index (κ3) is 3.46. The van der Waals surface area contributed by atoms with Gasteiger partial charge in [-0.05, 0) is 49.1 Å². The topological polar surface area (TPSA) is 54.5 Å². The van der Waals surface area contributed by atoms with Crippen LogP contribution in [0.5, 0.6) is 5.75 Å². The minimum Gasteiger partial charge on any atom is -0.404 e. The molecule has 0 radical (unpaired) electrons. The van der Waals surface area contributed by atoms with E-state index in [2.05, 4.69) is 15.0 Å². The van der Waals surface area contributed by atoms with Crippen molar-refractivity contribution in [2.75, 3.05) is 5.32 Å². The minimum absolute atomic E-state index is 0.167. The van der Waals surface area contributed by atoms with Crippen LogP contribution in [0.3, 0.4) is 0 Å². The number of nitrogens with zero attached hydrogens (tertiary/aromatic N) is 2. The van der Waals surface area contributed by atoms with Crippen LogP contribution >= 0.6 is 11.6 Å². The Hall–Kier alpha value is -2.55. The molecule has 4 rings (SSSR count). The van der Waals surface area contributed by atoms with Gasteiger partial charge in [-0.1, -0.05) is 11.6 Å². The van der Waals surface area contributed by atoms with Gasteiger partial charge in [0.05, 0.1) is 11.1 Å². The Bertz CT molecular complexity index is 938. The molecule has 2 aliphatic heterocycles. The molecule has 5 nitrogen and oxygen atoms in total. The Morgan fingerprint density at radius 2 is 2.07 bits per heavy atom. The first-order valence-corrected chi connectivity index (χ1v) is 8.88. The summed E-state index contributed by atoms with van der Waals surface area (Å²) in [5, 5.41) is 2.36. The van der Waals surface area contributed by atoms with Crippen LogP contribution in [0.4, 0.5) is 28.0 Å². The summed E-state index contributed by atoms with van der Waals surface area (Å²) < 4.78 is 54.8. The molecule has 3 heterocycles. The molecule has 1 saturated heterocycles. The highest BCUT2D eigenvalue weighted by Crippen LogP contribution is 2.44. The zero-order chi connectivity index (χ0) is 20.1. The first-order chi connectivity index (χ1) is 13.2. The van der Waals surface area contributed by atoms with Gasteiger partial charge in [0.15, 0.2) is 0 Å². The van der Waals surface area contributed by atoms with Crippen molar-refractivity contribution in [3.63, 3.8) is 0 Å². The molecule has 2 aliphatic rings. The molecule has 2 atom stereocenters. The van der Waals surface area contributed by atoms with E-state index in [1.54, 1.807) is 11.0 Å². The molecule has 0 saturated carbocycles. The van der Waals surface area contributed by atoms with Crippen molar-refractivity contribution in [1.29, 1.82) is 0 Å². The van der Waals surface area contributed by atoms with Crippen molar-refractivity contribution in [2.24, 2.45) is 0 Å². The molecule has 2 bridgehead atoms. The van der Waals surface area contributed by atoms with E-state index in [9.17, 15) is 22.4 Å². The number of carbonyl (C=O) groups excluding carboxylic acids is 1. The van der Waals surface area contributed by atoms with Crippen LogP contribution in [0.1, 0.15) is 30.0 Å². The predicted molar refractivity (Wildman–Crippen MR) is 92.7 cm³/mol. The molecule has 148 valence electrons. The number of benzene rings is 1. The molecule has 10 heteroatoms. The van der Waals surface area contributed by atoms with Crippen LogP contribution in [0.25, 0.3) is 0 Å². The van der Waals surface area contributed by atoms with Gasteiger partial charge in [-0.3, -0.25) is 0 Å². The number of hydrogen-bond donors (Lipinski definition) is 1. The average Bonchev–Trinajstić information content (AvgIpc) is 2.93. The van der Waals surface area contributed by atoms with Crippen molar-refractivity contribution in [3.05, 3.63) is 52.6 Å². The van der Waals surface area contributed by atoms with Gasteiger partial charge in [-0.15, -0.1) is 13.2 Å². The molecule has 1 fully saturated rings. The van der Waals surface area contributed by atoms with Crippen molar-refractivity contribution in [1.82, 2.24) is 9.88 Å². The fourth-order valence-corrected chi connectivity index (χ4v) is 4.12. The molecule has 1 N–H and O–H groups in total. The van der Waals surface area contributed by atoms with Crippen LogP contribution in [0, 0.1) is 5.95 Å². The third-order valence-electron chi connectivity index (χ3n) is 4.98. The van der Waals surface area contributed by atoms with Crippen molar-refractivity contribution in [3.8, 4) is 5.75 Å². The molecule has 2 unspecified atom stereocenters. The summed E-state index contributed by atoms with van der Waals surface area (Å²) in [6.45, 7) is 0. The Balaban J connectivity index is 1.53. The molecular formula is C18H14ClF4N3O2. The van der Waals surface area contributed by atoms with E-state index in [0.29, 0.717) is 18.4 Å². The van der Waals surface area contributed by atoms with Crippen LogP contribution in [0.15, 0.2) is 30.5 Å². The van der Waals surface area contributed by atoms with Gasteiger partial charge in [0.1, 0.15) is 5.75 Å². The highest BCUT2D eigenvalue weighted by atomic mass is 35.5. The van der Waals surface area contributed by atoms with Crippen molar-refractivity contribution < 1.29 is 27.1 Å². The number of ether oxygens (including phenoxy) is 1. The molecule has 1 aromatic carbocycles. The second-order valence-electron chi connectivity index (χ2n) is 6.65. The van der Waals surface area contributed by atoms with Gasteiger partial charge in [-0.2, -0.15) is 4.39 Å². The SMILES string of the molecule is O=C(Nc1ccc(OC(F)(F)F)c(Cl)c1)N1C2CCC1c1ccnc(F)c1C2. The number of halogens is 5. The van der Waals surface area contributed by atoms with E-state index in [1.165, 1.54) is 18.3 Å². The quantitative estimate of drug-likeness (QED) is 0.550. The van der Waals surface area contributed by atoms with Gasteiger partial charge >= 0.3 is 12.4 Å². The number of carbonyl (C=O) groups is 1. The maximum atomic E-state index is 14.0. The summed E-state index contributed by atoms with van der Waals surface area (Å²) in [5.41, 5.74) is 1.51. The lowest BCUT2D eigenvalue weighted by molar-refractivity contribution is -0.274. The Morgan fingerprint density at radius 3 is 2.79 bits per heavy atom. The number of rotatable bonds is 2. The van der Waals surface area contributed by atoms with E-state index in [1.807, 2.05) is 0 Å². The minimum atomic E-state index is -4.86. The highest BCUT2D eigenvalue weighted by Gasteiger charge is 2.43. The van der Waals surface area contributed by atoms with Crippen LogP contribution < -0.4 is 10.1 Å². The zero-order valence-electron chi connectivity index (χ0n) is 14.3. The number of anilines is 1. The van der Waals surface area contributed by atoms with E-state index < -0.39 is 24.1 Å². The second kappa shape index (κ2) is 6.80. The number of urea groups is 1. The molecule has 0 aliphatic carbocycles.